The first kappa shape index (κ1) is 12.9. The van der Waals surface area contributed by atoms with Gasteiger partial charge in [0.25, 0.3) is 0 Å². The summed E-state index contributed by atoms with van der Waals surface area (Å²) in [4.78, 5) is 12.3. The fourth-order valence-corrected chi connectivity index (χ4v) is 3.18. The van der Waals surface area contributed by atoms with Gasteiger partial charge in [0.05, 0.1) is 12.1 Å². The van der Waals surface area contributed by atoms with E-state index in [4.69, 9.17) is 0 Å². The summed E-state index contributed by atoms with van der Waals surface area (Å²) in [6.07, 6.45) is 9.24. The van der Waals surface area contributed by atoms with Crippen molar-refractivity contribution in [2.75, 3.05) is 0 Å². The molecule has 0 spiro atoms. The minimum atomic E-state index is -0.333. The van der Waals surface area contributed by atoms with E-state index >= 15 is 0 Å². The van der Waals surface area contributed by atoms with Gasteiger partial charge in [0.1, 0.15) is 0 Å². The molecule has 0 unspecified atom stereocenters. The van der Waals surface area contributed by atoms with Gasteiger partial charge in [-0.25, -0.2) is 0 Å². The molecule has 2 aliphatic rings. The van der Waals surface area contributed by atoms with E-state index in [0.717, 1.165) is 51.4 Å². The van der Waals surface area contributed by atoms with Crippen molar-refractivity contribution in [3.63, 3.8) is 0 Å². The molecule has 2 rings (SSSR count). The predicted molar refractivity (Wildman–Crippen MR) is 67.6 cm³/mol. The highest BCUT2D eigenvalue weighted by atomic mass is 16.3. The lowest BCUT2D eigenvalue weighted by molar-refractivity contribution is -0.133. The van der Waals surface area contributed by atoms with Crippen LogP contribution in [0.15, 0.2) is 0 Å². The largest absolute Gasteiger partial charge is 0.391 e. The minimum absolute atomic E-state index is 0.00463. The number of hydrogen-bond acceptors (Lipinski definition) is 2. The Bertz CT molecular complexity index is 271. The number of hydrogen-bond donors (Lipinski definition) is 2. The maximum atomic E-state index is 12.3. The molecule has 0 aromatic carbocycles. The summed E-state index contributed by atoms with van der Waals surface area (Å²) in [6.45, 7) is 2.08. The van der Waals surface area contributed by atoms with Gasteiger partial charge in [-0.3, -0.25) is 4.79 Å². The maximum Gasteiger partial charge on any atom is 0.226 e. The first-order chi connectivity index (χ1) is 8.12. The highest BCUT2D eigenvalue weighted by Crippen LogP contribution is 2.36. The standard InChI is InChI=1S/C14H25NO2/c1-14(9-5-2-6-10-14)13(17)15-11-7-3-4-8-12(11)16/h11-12,16H,2-10H2,1H3,(H,15,17)/t11-,12-/m0/s1. The second kappa shape index (κ2) is 5.38. The third-order valence-corrected chi connectivity index (χ3v) is 4.55. The normalized spacial score (nSPS) is 33.1. The van der Waals surface area contributed by atoms with Gasteiger partial charge in [-0.2, -0.15) is 0 Å². The van der Waals surface area contributed by atoms with Gasteiger partial charge in [-0.1, -0.05) is 39.0 Å². The van der Waals surface area contributed by atoms with Crippen LogP contribution < -0.4 is 5.32 Å². The summed E-state index contributed by atoms with van der Waals surface area (Å²) in [5.74, 6) is 0.170. The molecule has 2 saturated carbocycles. The Labute approximate surface area is 104 Å². The molecule has 17 heavy (non-hydrogen) atoms. The molecular formula is C14H25NO2. The van der Waals surface area contributed by atoms with E-state index in [0.29, 0.717) is 0 Å². The number of carbonyl (C=O) groups is 1. The summed E-state index contributed by atoms with van der Waals surface area (Å²) in [7, 11) is 0. The zero-order chi connectivity index (χ0) is 12.3. The molecule has 0 saturated heterocycles. The molecule has 0 radical (unpaired) electrons. The fourth-order valence-electron chi connectivity index (χ4n) is 3.18. The van der Waals surface area contributed by atoms with Crippen molar-refractivity contribution in [2.45, 2.75) is 76.9 Å². The highest BCUT2D eigenvalue weighted by Gasteiger charge is 2.36. The Balaban J connectivity index is 1.90. The molecule has 0 bridgehead atoms. The van der Waals surface area contributed by atoms with Crippen molar-refractivity contribution in [3.8, 4) is 0 Å². The zero-order valence-corrected chi connectivity index (χ0v) is 10.9. The van der Waals surface area contributed by atoms with Crippen LogP contribution in [0.1, 0.15) is 64.7 Å². The molecule has 2 N–H and O–H groups in total. The molecule has 2 fully saturated rings. The van der Waals surface area contributed by atoms with Crippen LogP contribution in [-0.4, -0.2) is 23.2 Å². The monoisotopic (exact) mass is 239 g/mol. The van der Waals surface area contributed by atoms with Crippen molar-refractivity contribution in [2.24, 2.45) is 5.41 Å². The molecular weight excluding hydrogens is 214 g/mol. The quantitative estimate of drug-likeness (QED) is 0.777. The van der Waals surface area contributed by atoms with Gasteiger partial charge in [0, 0.05) is 5.41 Å². The molecule has 2 aliphatic carbocycles. The van der Waals surface area contributed by atoms with Gasteiger partial charge in [-0.15, -0.1) is 0 Å². The number of nitrogens with one attached hydrogen (secondary N) is 1. The molecule has 98 valence electrons. The van der Waals surface area contributed by atoms with E-state index in [1.807, 2.05) is 0 Å². The second-order valence-electron chi connectivity index (χ2n) is 6.05. The zero-order valence-electron chi connectivity index (χ0n) is 10.9. The van der Waals surface area contributed by atoms with E-state index in [1.165, 1.54) is 6.42 Å². The summed E-state index contributed by atoms with van der Waals surface area (Å²) < 4.78 is 0. The highest BCUT2D eigenvalue weighted by molar-refractivity contribution is 5.82. The first-order valence-electron chi connectivity index (χ1n) is 7.11. The first-order valence-corrected chi connectivity index (χ1v) is 7.11. The molecule has 1 amide bonds. The van der Waals surface area contributed by atoms with Crippen LogP contribution in [-0.2, 0) is 4.79 Å². The molecule has 3 nitrogen and oxygen atoms in total. The molecule has 3 heteroatoms. The lowest BCUT2D eigenvalue weighted by atomic mass is 9.74. The lowest BCUT2D eigenvalue weighted by Gasteiger charge is -2.36. The minimum Gasteiger partial charge on any atom is -0.391 e. The summed E-state index contributed by atoms with van der Waals surface area (Å²) >= 11 is 0. The van der Waals surface area contributed by atoms with Crippen LogP contribution in [0.3, 0.4) is 0 Å². The van der Waals surface area contributed by atoms with E-state index in [1.54, 1.807) is 0 Å². The average Bonchev–Trinajstić information content (AvgIpc) is 2.33. The van der Waals surface area contributed by atoms with Crippen molar-refractivity contribution >= 4 is 5.91 Å². The topological polar surface area (TPSA) is 49.3 Å². The summed E-state index contributed by atoms with van der Waals surface area (Å²) in [5, 5.41) is 13.0. The van der Waals surface area contributed by atoms with Crippen LogP contribution in [0.4, 0.5) is 0 Å². The smallest absolute Gasteiger partial charge is 0.226 e. The van der Waals surface area contributed by atoms with Gasteiger partial charge < -0.3 is 10.4 Å². The predicted octanol–water partition coefficient (Wildman–Crippen LogP) is 2.38. The number of aliphatic hydroxyl groups is 1. The second-order valence-corrected chi connectivity index (χ2v) is 6.05. The number of aliphatic hydroxyl groups excluding tert-OH is 1. The Morgan fingerprint density at radius 3 is 2.41 bits per heavy atom. The summed E-state index contributed by atoms with van der Waals surface area (Å²) in [5.41, 5.74) is -0.185. The van der Waals surface area contributed by atoms with Gasteiger partial charge in [-0.05, 0) is 25.7 Å². The average molecular weight is 239 g/mol. The number of amides is 1. The lowest BCUT2D eigenvalue weighted by Crippen LogP contribution is -2.50. The fraction of sp³-hybridized carbons (Fsp3) is 0.929. The van der Waals surface area contributed by atoms with Crippen molar-refractivity contribution in [1.82, 2.24) is 5.32 Å². The van der Waals surface area contributed by atoms with Crippen molar-refractivity contribution < 1.29 is 9.90 Å². The molecule has 0 aliphatic heterocycles. The van der Waals surface area contributed by atoms with E-state index in [2.05, 4.69) is 12.2 Å². The van der Waals surface area contributed by atoms with E-state index < -0.39 is 0 Å². The molecule has 0 aromatic rings. The van der Waals surface area contributed by atoms with Gasteiger partial charge in [0.15, 0.2) is 0 Å². The molecule has 2 atom stereocenters. The van der Waals surface area contributed by atoms with Gasteiger partial charge >= 0.3 is 0 Å². The van der Waals surface area contributed by atoms with E-state index in [-0.39, 0.29) is 23.5 Å². The van der Waals surface area contributed by atoms with E-state index in [9.17, 15) is 9.90 Å². The Morgan fingerprint density at radius 1 is 1.12 bits per heavy atom. The Kier molecular flexibility index (Phi) is 4.08. The molecule has 0 aromatic heterocycles. The number of rotatable bonds is 2. The third kappa shape index (κ3) is 3.01. The van der Waals surface area contributed by atoms with Gasteiger partial charge in [0.2, 0.25) is 5.91 Å². The van der Waals surface area contributed by atoms with Crippen molar-refractivity contribution in [1.29, 1.82) is 0 Å². The van der Waals surface area contributed by atoms with Crippen LogP contribution in [0.2, 0.25) is 0 Å². The molecule has 0 heterocycles. The third-order valence-electron chi connectivity index (χ3n) is 4.55. The van der Waals surface area contributed by atoms with Crippen LogP contribution in [0.5, 0.6) is 0 Å². The Hall–Kier alpha value is -0.570. The maximum absolute atomic E-state index is 12.3. The number of carbonyl (C=O) groups excluding carboxylic acids is 1. The van der Waals surface area contributed by atoms with Crippen molar-refractivity contribution in [3.05, 3.63) is 0 Å². The van der Waals surface area contributed by atoms with Crippen LogP contribution in [0, 0.1) is 5.41 Å². The summed E-state index contributed by atoms with van der Waals surface area (Å²) in [6, 6.07) is -0.00463. The van der Waals surface area contributed by atoms with Crippen LogP contribution >= 0.6 is 0 Å². The SMILES string of the molecule is CC1(C(=O)N[C@H]2CCCC[C@@H]2O)CCCCC1. The van der Waals surface area contributed by atoms with Crippen LogP contribution in [0.25, 0.3) is 0 Å². The Morgan fingerprint density at radius 2 is 1.76 bits per heavy atom.